The van der Waals surface area contributed by atoms with Crippen molar-refractivity contribution in [2.75, 3.05) is 19.7 Å². The summed E-state index contributed by atoms with van der Waals surface area (Å²) in [5, 5.41) is 0. The number of amides is 1. The largest absolute Gasteiger partial charge is 0.377 e. The third-order valence-corrected chi connectivity index (χ3v) is 5.88. The van der Waals surface area contributed by atoms with E-state index in [4.69, 9.17) is 9.72 Å². The Bertz CT molecular complexity index is 1020. The van der Waals surface area contributed by atoms with Gasteiger partial charge in [-0.25, -0.2) is 0 Å². The van der Waals surface area contributed by atoms with Gasteiger partial charge in [0.1, 0.15) is 0 Å². The van der Waals surface area contributed by atoms with Gasteiger partial charge in [-0.2, -0.15) is 0 Å². The number of aryl methyl sites for hydroxylation is 1. The standard InChI is InChI=1S/C27H30N2O2/c1-3-31-19-21-11-13-23(14-12-21)27(30)29-15-7-10-24(18-29)26-17-25(16-20(2)28-26)22-8-5-4-6-9-22/h4-6,8-9,11-14,16-17,24H,3,7,10,15,18-19H2,1-2H3/t24-/m0/s1. The van der Waals surface area contributed by atoms with E-state index in [9.17, 15) is 4.79 Å². The highest BCUT2D eigenvalue weighted by Crippen LogP contribution is 2.30. The summed E-state index contributed by atoms with van der Waals surface area (Å²) < 4.78 is 5.45. The van der Waals surface area contributed by atoms with Crippen molar-refractivity contribution >= 4 is 5.91 Å². The Hall–Kier alpha value is -2.98. The number of nitrogens with zero attached hydrogens (tertiary/aromatic N) is 2. The van der Waals surface area contributed by atoms with Crippen LogP contribution in [0.4, 0.5) is 0 Å². The van der Waals surface area contributed by atoms with Crippen molar-refractivity contribution in [2.45, 2.75) is 39.2 Å². The molecule has 0 spiro atoms. The lowest BCUT2D eigenvalue weighted by atomic mass is 9.91. The Kier molecular flexibility index (Phi) is 6.78. The van der Waals surface area contributed by atoms with Gasteiger partial charge in [0.15, 0.2) is 0 Å². The number of ether oxygens (including phenoxy) is 1. The molecule has 0 unspecified atom stereocenters. The summed E-state index contributed by atoms with van der Waals surface area (Å²) in [6.07, 6.45) is 2.05. The van der Waals surface area contributed by atoms with Gasteiger partial charge in [-0.1, -0.05) is 42.5 Å². The maximum Gasteiger partial charge on any atom is 0.253 e. The molecule has 1 aromatic heterocycles. The van der Waals surface area contributed by atoms with Crippen molar-refractivity contribution < 1.29 is 9.53 Å². The minimum Gasteiger partial charge on any atom is -0.377 e. The van der Waals surface area contributed by atoms with Crippen LogP contribution in [-0.4, -0.2) is 35.5 Å². The van der Waals surface area contributed by atoms with Gasteiger partial charge >= 0.3 is 0 Å². The summed E-state index contributed by atoms with van der Waals surface area (Å²) >= 11 is 0. The molecular weight excluding hydrogens is 384 g/mol. The molecule has 0 bridgehead atoms. The molecule has 0 saturated carbocycles. The van der Waals surface area contributed by atoms with Crippen LogP contribution in [0.3, 0.4) is 0 Å². The van der Waals surface area contributed by atoms with Crippen molar-refractivity contribution in [3.8, 4) is 11.1 Å². The molecule has 0 N–H and O–H groups in total. The molecule has 4 rings (SSSR count). The molecule has 1 saturated heterocycles. The van der Waals surface area contributed by atoms with Gasteiger partial charge in [-0.15, -0.1) is 0 Å². The highest BCUT2D eigenvalue weighted by Gasteiger charge is 2.26. The molecule has 1 fully saturated rings. The number of hydrogen-bond acceptors (Lipinski definition) is 3. The van der Waals surface area contributed by atoms with E-state index < -0.39 is 0 Å². The predicted octanol–water partition coefficient (Wildman–Crippen LogP) is 5.61. The molecule has 2 aromatic carbocycles. The molecule has 0 aliphatic carbocycles. The molecule has 0 radical (unpaired) electrons. The van der Waals surface area contributed by atoms with Crippen LogP contribution in [0.1, 0.15) is 53.0 Å². The summed E-state index contributed by atoms with van der Waals surface area (Å²) in [6, 6.07) is 22.5. The minimum absolute atomic E-state index is 0.101. The summed E-state index contributed by atoms with van der Waals surface area (Å²) in [5.74, 6) is 0.362. The number of rotatable bonds is 6. The zero-order chi connectivity index (χ0) is 21.6. The normalized spacial score (nSPS) is 16.3. The van der Waals surface area contributed by atoms with Crippen molar-refractivity contribution in [2.24, 2.45) is 0 Å². The van der Waals surface area contributed by atoms with Crippen LogP contribution in [0.25, 0.3) is 11.1 Å². The number of piperidine rings is 1. The van der Waals surface area contributed by atoms with Crippen LogP contribution in [0.2, 0.25) is 0 Å². The first kappa shape index (κ1) is 21.3. The highest BCUT2D eigenvalue weighted by atomic mass is 16.5. The first-order valence-corrected chi connectivity index (χ1v) is 11.1. The fourth-order valence-corrected chi connectivity index (χ4v) is 4.25. The van der Waals surface area contributed by atoms with E-state index in [1.54, 1.807) is 0 Å². The molecule has 4 heteroatoms. The lowest BCUT2D eigenvalue weighted by molar-refractivity contribution is 0.0705. The molecule has 2 heterocycles. The Morgan fingerprint density at radius 3 is 2.58 bits per heavy atom. The Morgan fingerprint density at radius 2 is 1.84 bits per heavy atom. The number of hydrogen-bond donors (Lipinski definition) is 0. The van der Waals surface area contributed by atoms with E-state index in [0.717, 1.165) is 41.9 Å². The molecule has 1 aliphatic heterocycles. The fraction of sp³-hybridized carbons (Fsp3) is 0.333. The van der Waals surface area contributed by atoms with E-state index in [2.05, 4.69) is 36.4 Å². The Morgan fingerprint density at radius 1 is 1.06 bits per heavy atom. The Balaban J connectivity index is 1.50. The highest BCUT2D eigenvalue weighted by molar-refractivity contribution is 5.94. The molecule has 1 atom stereocenters. The van der Waals surface area contributed by atoms with Crippen LogP contribution < -0.4 is 0 Å². The van der Waals surface area contributed by atoms with Crippen LogP contribution in [-0.2, 0) is 11.3 Å². The van der Waals surface area contributed by atoms with Crippen molar-refractivity contribution in [3.63, 3.8) is 0 Å². The monoisotopic (exact) mass is 414 g/mol. The lowest BCUT2D eigenvalue weighted by Crippen LogP contribution is -2.39. The van der Waals surface area contributed by atoms with Gasteiger partial charge in [0.25, 0.3) is 5.91 Å². The lowest BCUT2D eigenvalue weighted by Gasteiger charge is -2.33. The zero-order valence-electron chi connectivity index (χ0n) is 18.4. The van der Waals surface area contributed by atoms with E-state index in [0.29, 0.717) is 19.8 Å². The number of carbonyl (C=O) groups excluding carboxylic acids is 1. The van der Waals surface area contributed by atoms with Gasteiger partial charge in [0.2, 0.25) is 0 Å². The second-order valence-electron chi connectivity index (χ2n) is 8.21. The van der Waals surface area contributed by atoms with Gasteiger partial charge in [-0.05, 0) is 67.6 Å². The summed E-state index contributed by atoms with van der Waals surface area (Å²) in [6.45, 7) is 6.81. The first-order chi connectivity index (χ1) is 15.1. The van der Waals surface area contributed by atoms with Crippen molar-refractivity contribution in [1.82, 2.24) is 9.88 Å². The minimum atomic E-state index is 0.101. The van der Waals surface area contributed by atoms with Crippen LogP contribution in [0, 0.1) is 6.92 Å². The van der Waals surface area contributed by atoms with Crippen LogP contribution >= 0.6 is 0 Å². The fourth-order valence-electron chi connectivity index (χ4n) is 4.25. The summed E-state index contributed by atoms with van der Waals surface area (Å²) in [7, 11) is 0. The quantitative estimate of drug-likeness (QED) is 0.526. The molecule has 160 valence electrons. The van der Waals surface area contributed by atoms with E-state index >= 15 is 0 Å². The second-order valence-corrected chi connectivity index (χ2v) is 8.21. The van der Waals surface area contributed by atoms with Gasteiger partial charge in [0, 0.05) is 42.6 Å². The Labute approximate surface area is 184 Å². The number of benzene rings is 2. The first-order valence-electron chi connectivity index (χ1n) is 11.1. The summed E-state index contributed by atoms with van der Waals surface area (Å²) in [4.78, 5) is 20.0. The van der Waals surface area contributed by atoms with E-state index in [1.807, 2.05) is 49.1 Å². The molecule has 3 aromatic rings. The molecule has 4 nitrogen and oxygen atoms in total. The van der Waals surface area contributed by atoms with Crippen LogP contribution in [0.5, 0.6) is 0 Å². The van der Waals surface area contributed by atoms with E-state index in [1.165, 1.54) is 11.1 Å². The zero-order valence-corrected chi connectivity index (χ0v) is 18.4. The SMILES string of the molecule is CCOCc1ccc(C(=O)N2CCC[C@H](c3cc(-c4ccccc4)cc(C)n3)C2)cc1. The third-order valence-electron chi connectivity index (χ3n) is 5.88. The maximum atomic E-state index is 13.1. The smallest absolute Gasteiger partial charge is 0.253 e. The topological polar surface area (TPSA) is 42.4 Å². The average Bonchev–Trinajstić information content (AvgIpc) is 2.83. The second kappa shape index (κ2) is 9.88. The number of aromatic nitrogens is 1. The number of carbonyl (C=O) groups is 1. The number of pyridine rings is 1. The van der Waals surface area contributed by atoms with Gasteiger partial charge in [0.05, 0.1) is 6.61 Å². The molecule has 1 aliphatic rings. The van der Waals surface area contributed by atoms with Crippen LogP contribution in [0.15, 0.2) is 66.7 Å². The molecular formula is C27H30N2O2. The van der Waals surface area contributed by atoms with Gasteiger partial charge < -0.3 is 9.64 Å². The van der Waals surface area contributed by atoms with Crippen molar-refractivity contribution in [1.29, 1.82) is 0 Å². The van der Waals surface area contributed by atoms with E-state index in [-0.39, 0.29) is 11.8 Å². The third kappa shape index (κ3) is 5.20. The molecule has 1 amide bonds. The average molecular weight is 415 g/mol. The predicted molar refractivity (Wildman–Crippen MR) is 124 cm³/mol. The van der Waals surface area contributed by atoms with Gasteiger partial charge in [-0.3, -0.25) is 9.78 Å². The number of likely N-dealkylation sites (tertiary alicyclic amines) is 1. The molecule has 31 heavy (non-hydrogen) atoms. The van der Waals surface area contributed by atoms with Crippen molar-refractivity contribution in [3.05, 3.63) is 89.2 Å². The summed E-state index contributed by atoms with van der Waals surface area (Å²) in [5.41, 5.74) is 6.32. The maximum absolute atomic E-state index is 13.1.